The summed E-state index contributed by atoms with van der Waals surface area (Å²) in [6.45, 7) is 3.38. The Kier molecular flexibility index (Phi) is 7.92. The monoisotopic (exact) mass is 504 g/mol. The summed E-state index contributed by atoms with van der Waals surface area (Å²) in [6, 6.07) is 25.1. The second-order valence-corrected chi connectivity index (χ2v) is 9.33. The maximum atomic E-state index is 14.2. The number of carboxylic acids is 1. The van der Waals surface area contributed by atoms with Gasteiger partial charge in [-0.05, 0) is 78.1 Å². The van der Waals surface area contributed by atoms with E-state index < -0.39 is 5.97 Å². The van der Waals surface area contributed by atoms with Gasteiger partial charge in [0.25, 0.3) is 0 Å². The Balaban J connectivity index is 0.00000304. The van der Waals surface area contributed by atoms with Gasteiger partial charge in [-0.25, -0.2) is 9.18 Å². The van der Waals surface area contributed by atoms with Crippen molar-refractivity contribution < 1.29 is 14.3 Å². The molecule has 4 nitrogen and oxygen atoms in total. The van der Waals surface area contributed by atoms with Gasteiger partial charge in [-0.2, -0.15) is 0 Å². The molecule has 186 valence electrons. The van der Waals surface area contributed by atoms with E-state index >= 15 is 0 Å². The Hall–Kier alpha value is -3.41. The van der Waals surface area contributed by atoms with Gasteiger partial charge in [0.2, 0.25) is 0 Å². The molecule has 2 atom stereocenters. The summed E-state index contributed by atoms with van der Waals surface area (Å²) in [7, 11) is 0. The summed E-state index contributed by atoms with van der Waals surface area (Å²) in [5, 5.41) is 18.5. The molecule has 0 aromatic heterocycles. The van der Waals surface area contributed by atoms with Crippen LogP contribution < -0.4 is 10.6 Å². The lowest BCUT2D eigenvalue weighted by Gasteiger charge is -2.35. The van der Waals surface area contributed by atoms with Crippen LogP contribution in [-0.4, -0.2) is 24.2 Å². The number of aryl methyl sites for hydroxylation is 1. The van der Waals surface area contributed by atoms with Crippen molar-refractivity contribution in [1.29, 1.82) is 0 Å². The molecule has 5 rings (SSSR count). The van der Waals surface area contributed by atoms with E-state index in [4.69, 9.17) is 0 Å². The van der Waals surface area contributed by atoms with E-state index in [2.05, 4.69) is 28.8 Å². The van der Waals surface area contributed by atoms with Crippen molar-refractivity contribution in [2.45, 2.75) is 25.8 Å². The van der Waals surface area contributed by atoms with E-state index in [9.17, 15) is 14.3 Å². The summed E-state index contributed by atoms with van der Waals surface area (Å²) in [6.07, 6.45) is 1.70. The molecular formula is C30H30ClFN2O2. The molecule has 0 bridgehead atoms. The minimum absolute atomic E-state index is 0. The zero-order chi connectivity index (χ0) is 24.4. The summed E-state index contributed by atoms with van der Waals surface area (Å²) in [4.78, 5) is 11.7. The summed E-state index contributed by atoms with van der Waals surface area (Å²) in [5.74, 6) is -0.841. The predicted molar refractivity (Wildman–Crippen MR) is 146 cm³/mol. The average Bonchev–Trinajstić information content (AvgIpc) is 2.87. The number of para-hydroxylation sites is 1. The number of fused-ring (bicyclic) bond motifs is 2. The van der Waals surface area contributed by atoms with Crippen molar-refractivity contribution in [3.8, 4) is 0 Å². The average molecular weight is 505 g/mol. The minimum atomic E-state index is -0.901. The van der Waals surface area contributed by atoms with Crippen LogP contribution in [0.1, 0.15) is 38.7 Å². The highest BCUT2D eigenvalue weighted by Crippen LogP contribution is 2.37. The van der Waals surface area contributed by atoms with Gasteiger partial charge in [0, 0.05) is 17.6 Å². The van der Waals surface area contributed by atoms with Crippen LogP contribution in [0.2, 0.25) is 0 Å². The summed E-state index contributed by atoms with van der Waals surface area (Å²) < 4.78 is 14.2. The largest absolute Gasteiger partial charge is 0.478 e. The lowest BCUT2D eigenvalue weighted by Crippen LogP contribution is -2.36. The maximum absolute atomic E-state index is 14.2. The molecule has 0 radical (unpaired) electrons. The second kappa shape index (κ2) is 11.1. The number of carboxylic acid groups (broad SMARTS) is 1. The number of rotatable bonds is 7. The molecule has 3 N–H and O–H groups in total. The molecular weight excluding hydrogens is 475 g/mol. The molecule has 0 saturated carbocycles. The van der Waals surface area contributed by atoms with Crippen molar-refractivity contribution in [2.75, 3.05) is 18.4 Å². The molecule has 0 aliphatic carbocycles. The van der Waals surface area contributed by atoms with Crippen LogP contribution in [0, 0.1) is 18.7 Å². The first-order valence-corrected chi connectivity index (χ1v) is 12.1. The molecule has 1 heterocycles. The first-order valence-electron chi connectivity index (χ1n) is 12.1. The number of hydrogen-bond donors (Lipinski definition) is 3. The van der Waals surface area contributed by atoms with Gasteiger partial charge in [0.05, 0.1) is 11.6 Å². The number of aromatic carboxylic acids is 1. The summed E-state index contributed by atoms with van der Waals surface area (Å²) >= 11 is 0. The molecule has 1 aliphatic heterocycles. The fourth-order valence-corrected chi connectivity index (χ4v) is 5.19. The molecule has 6 heteroatoms. The van der Waals surface area contributed by atoms with E-state index in [1.54, 1.807) is 12.1 Å². The highest BCUT2D eigenvalue weighted by Gasteiger charge is 2.29. The molecule has 0 fully saturated rings. The lowest BCUT2D eigenvalue weighted by molar-refractivity contribution is 0.0696. The van der Waals surface area contributed by atoms with Gasteiger partial charge >= 0.3 is 5.97 Å². The Morgan fingerprint density at radius 2 is 1.78 bits per heavy atom. The Labute approximate surface area is 217 Å². The smallest absolute Gasteiger partial charge is 0.335 e. The van der Waals surface area contributed by atoms with Gasteiger partial charge in [0.1, 0.15) is 5.82 Å². The first-order chi connectivity index (χ1) is 17.0. The Morgan fingerprint density at radius 1 is 1.03 bits per heavy atom. The second-order valence-electron chi connectivity index (χ2n) is 9.33. The number of carbonyl (C=O) groups is 1. The molecule has 1 unspecified atom stereocenters. The van der Waals surface area contributed by atoms with E-state index in [1.165, 1.54) is 5.56 Å². The van der Waals surface area contributed by atoms with Crippen LogP contribution in [0.5, 0.6) is 0 Å². The van der Waals surface area contributed by atoms with Gasteiger partial charge in [0.15, 0.2) is 0 Å². The fraction of sp³-hybridized carbons (Fsp3) is 0.233. The lowest BCUT2D eigenvalue weighted by atomic mass is 9.82. The van der Waals surface area contributed by atoms with Crippen LogP contribution in [-0.2, 0) is 12.8 Å². The highest BCUT2D eigenvalue weighted by atomic mass is 35.5. The summed E-state index contributed by atoms with van der Waals surface area (Å²) in [5.41, 5.74) is 5.59. The van der Waals surface area contributed by atoms with Gasteiger partial charge < -0.3 is 15.7 Å². The molecule has 0 spiro atoms. The normalized spacial score (nSPS) is 16.6. The van der Waals surface area contributed by atoms with Crippen molar-refractivity contribution in [1.82, 2.24) is 5.32 Å². The van der Waals surface area contributed by atoms with Crippen molar-refractivity contribution in [3.63, 3.8) is 0 Å². The van der Waals surface area contributed by atoms with Crippen LogP contribution in [0.25, 0.3) is 10.8 Å². The van der Waals surface area contributed by atoms with Crippen LogP contribution in [0.4, 0.5) is 10.1 Å². The number of anilines is 1. The van der Waals surface area contributed by atoms with Gasteiger partial charge in [-0.15, -0.1) is 12.4 Å². The van der Waals surface area contributed by atoms with Crippen molar-refractivity contribution in [3.05, 3.63) is 112 Å². The number of benzene rings is 4. The third-order valence-corrected chi connectivity index (χ3v) is 7.07. The topological polar surface area (TPSA) is 61.4 Å². The number of hydrogen-bond acceptors (Lipinski definition) is 3. The predicted octanol–water partition coefficient (Wildman–Crippen LogP) is 6.57. The highest BCUT2D eigenvalue weighted by molar-refractivity contribution is 5.89. The Morgan fingerprint density at radius 3 is 2.58 bits per heavy atom. The fourth-order valence-electron chi connectivity index (χ4n) is 5.19. The van der Waals surface area contributed by atoms with E-state index in [0.717, 1.165) is 53.7 Å². The standard InChI is InChI=1S/C30H29FN2O2.ClH/c1-19-10-11-22(17-26(19)30(34)35)29-23(16-21-6-2-5-9-28(21)33-29)18-32-15-14-20-12-13-27(31)25-8-4-3-7-24(20)25;/h2-13,17,23,29,32-33H,14-16,18H2,1H3,(H,34,35);1H/t23-,29?;/m1./s1. The van der Waals surface area contributed by atoms with Gasteiger partial charge in [-0.1, -0.05) is 60.7 Å². The molecule has 1 aliphatic rings. The molecule has 36 heavy (non-hydrogen) atoms. The zero-order valence-corrected chi connectivity index (χ0v) is 20.9. The number of nitrogens with one attached hydrogen (secondary N) is 2. The quantitative estimate of drug-likeness (QED) is 0.249. The Bertz CT molecular complexity index is 1390. The van der Waals surface area contributed by atoms with Crippen LogP contribution in [0.3, 0.4) is 0 Å². The van der Waals surface area contributed by atoms with E-state index in [-0.39, 0.29) is 30.2 Å². The third-order valence-electron chi connectivity index (χ3n) is 7.07. The number of halogens is 2. The van der Waals surface area contributed by atoms with Gasteiger partial charge in [-0.3, -0.25) is 0 Å². The maximum Gasteiger partial charge on any atom is 0.335 e. The van der Waals surface area contributed by atoms with Crippen molar-refractivity contribution >= 4 is 34.8 Å². The molecule has 0 saturated heterocycles. The third kappa shape index (κ3) is 5.23. The van der Waals surface area contributed by atoms with Crippen molar-refractivity contribution in [2.24, 2.45) is 5.92 Å². The minimum Gasteiger partial charge on any atom is -0.478 e. The molecule has 4 aromatic carbocycles. The van der Waals surface area contributed by atoms with Crippen LogP contribution in [0.15, 0.2) is 78.9 Å². The zero-order valence-electron chi connectivity index (χ0n) is 20.1. The van der Waals surface area contributed by atoms with Crippen LogP contribution >= 0.6 is 12.4 Å². The molecule has 4 aromatic rings. The first kappa shape index (κ1) is 25.7. The van der Waals surface area contributed by atoms with E-state index in [1.807, 2.05) is 55.5 Å². The van der Waals surface area contributed by atoms with E-state index in [0.29, 0.717) is 10.9 Å². The SMILES string of the molecule is Cc1ccc(C2Nc3ccccc3C[C@@H]2CNCCc2ccc(F)c3ccccc23)cc1C(=O)O.Cl. The molecule has 0 amide bonds.